The molecule has 3 aromatic rings. The van der Waals surface area contributed by atoms with Gasteiger partial charge >= 0.3 is 0 Å². The highest BCUT2D eigenvalue weighted by Gasteiger charge is 2.29. The van der Waals surface area contributed by atoms with Gasteiger partial charge in [-0.3, -0.25) is 14.8 Å². The van der Waals surface area contributed by atoms with Crippen LogP contribution >= 0.6 is 0 Å². The van der Waals surface area contributed by atoms with Crippen LogP contribution in [0.5, 0.6) is 0 Å². The number of piperidine rings is 1. The number of nitrogens with zero attached hydrogens (tertiary/aromatic N) is 4. The molecule has 2 N–H and O–H groups in total. The van der Waals surface area contributed by atoms with Crippen LogP contribution in [0, 0.1) is 5.92 Å². The molecule has 1 amide bonds. The highest BCUT2D eigenvalue weighted by atomic mass is 16.2. The lowest BCUT2D eigenvalue weighted by Crippen LogP contribution is -2.46. The van der Waals surface area contributed by atoms with Crippen molar-refractivity contribution in [2.24, 2.45) is 5.92 Å². The van der Waals surface area contributed by atoms with Gasteiger partial charge in [0.05, 0.1) is 17.4 Å². The van der Waals surface area contributed by atoms with Crippen molar-refractivity contribution in [3.05, 3.63) is 60.2 Å². The van der Waals surface area contributed by atoms with Crippen molar-refractivity contribution >= 4 is 11.6 Å². The van der Waals surface area contributed by atoms with Crippen LogP contribution in [0.2, 0.25) is 0 Å². The number of anilines is 1. The van der Waals surface area contributed by atoms with Gasteiger partial charge in [0.25, 0.3) is 0 Å². The summed E-state index contributed by atoms with van der Waals surface area (Å²) in [6, 6.07) is 11.7. The van der Waals surface area contributed by atoms with Gasteiger partial charge in [-0.25, -0.2) is 4.68 Å². The van der Waals surface area contributed by atoms with E-state index in [1.54, 1.807) is 10.9 Å². The summed E-state index contributed by atoms with van der Waals surface area (Å²) in [5.41, 5.74) is 3.94. The number of benzene rings is 1. The first-order valence-electron chi connectivity index (χ1n) is 10.8. The molecule has 1 aromatic carbocycles. The average Bonchev–Trinajstić information content (AvgIpc) is 3.41. The number of carbonyl (C=O) groups is 1. The van der Waals surface area contributed by atoms with E-state index in [4.69, 9.17) is 0 Å². The Morgan fingerprint density at radius 3 is 2.83 bits per heavy atom. The lowest BCUT2D eigenvalue weighted by molar-refractivity contribution is -0.122. The molecule has 1 aliphatic heterocycles. The van der Waals surface area contributed by atoms with Crippen LogP contribution in [-0.4, -0.2) is 43.4 Å². The summed E-state index contributed by atoms with van der Waals surface area (Å²) >= 11 is 0. The Kier molecular flexibility index (Phi) is 6.28. The van der Waals surface area contributed by atoms with Crippen molar-refractivity contribution in [3.63, 3.8) is 0 Å². The molecule has 0 bridgehead atoms. The summed E-state index contributed by atoms with van der Waals surface area (Å²) in [5.74, 6) is 0.637. The number of nitrogens with one attached hydrogen (secondary N) is 2. The fraction of sp³-hybridized carbons (Fsp3) is 0.435. The molecule has 0 radical (unpaired) electrons. The van der Waals surface area contributed by atoms with Crippen LogP contribution in [-0.2, 0) is 17.8 Å². The molecule has 30 heavy (non-hydrogen) atoms. The molecule has 1 atom stereocenters. The van der Waals surface area contributed by atoms with Gasteiger partial charge in [0.2, 0.25) is 5.91 Å². The first-order chi connectivity index (χ1) is 14.6. The van der Waals surface area contributed by atoms with Gasteiger partial charge in [0.1, 0.15) is 0 Å². The topological polar surface area (TPSA) is 78.8 Å². The number of hydrogen-bond donors (Lipinski definition) is 2. The smallest absolute Gasteiger partial charge is 0.241 e. The second-order valence-corrected chi connectivity index (χ2v) is 8.45. The van der Waals surface area contributed by atoms with Crippen molar-refractivity contribution < 1.29 is 4.79 Å². The fourth-order valence-corrected chi connectivity index (χ4v) is 4.05. The molecule has 3 heterocycles. The predicted octanol–water partition coefficient (Wildman–Crippen LogP) is 3.79. The van der Waals surface area contributed by atoms with Crippen molar-refractivity contribution in [1.82, 2.24) is 24.9 Å². The SMILES string of the molecule is CC(C)Cc1cc(CN2CCCCC2C(=O)Nc2ccc(-n3cccn3)cc2)[nH]n1. The van der Waals surface area contributed by atoms with E-state index in [1.165, 1.54) is 0 Å². The molecule has 0 saturated carbocycles. The fourth-order valence-electron chi connectivity index (χ4n) is 4.05. The summed E-state index contributed by atoms with van der Waals surface area (Å²) in [5, 5.41) is 14.9. The second-order valence-electron chi connectivity index (χ2n) is 8.45. The molecule has 1 aliphatic rings. The van der Waals surface area contributed by atoms with Crippen LogP contribution in [0.4, 0.5) is 5.69 Å². The molecule has 7 nitrogen and oxygen atoms in total. The van der Waals surface area contributed by atoms with E-state index >= 15 is 0 Å². The maximum atomic E-state index is 13.0. The molecule has 1 unspecified atom stereocenters. The van der Waals surface area contributed by atoms with E-state index in [9.17, 15) is 4.79 Å². The highest BCUT2D eigenvalue weighted by Crippen LogP contribution is 2.22. The van der Waals surface area contributed by atoms with Crippen molar-refractivity contribution in [3.8, 4) is 5.69 Å². The normalized spacial score (nSPS) is 17.4. The number of hydrogen-bond acceptors (Lipinski definition) is 4. The lowest BCUT2D eigenvalue weighted by Gasteiger charge is -2.34. The number of rotatable bonds is 7. The molecule has 0 aliphatic carbocycles. The largest absolute Gasteiger partial charge is 0.325 e. The maximum Gasteiger partial charge on any atom is 0.241 e. The Morgan fingerprint density at radius 2 is 2.10 bits per heavy atom. The van der Waals surface area contributed by atoms with Crippen LogP contribution in [0.3, 0.4) is 0 Å². The molecule has 0 spiro atoms. The number of aromatic nitrogens is 4. The molecule has 1 fully saturated rings. The Hall–Kier alpha value is -2.93. The zero-order chi connectivity index (χ0) is 20.9. The van der Waals surface area contributed by atoms with Crippen LogP contribution in [0.25, 0.3) is 5.69 Å². The predicted molar refractivity (Wildman–Crippen MR) is 117 cm³/mol. The van der Waals surface area contributed by atoms with Gasteiger partial charge in [0, 0.05) is 30.3 Å². The van der Waals surface area contributed by atoms with Gasteiger partial charge in [-0.05, 0) is 68.1 Å². The van der Waals surface area contributed by atoms with Gasteiger partial charge in [0.15, 0.2) is 0 Å². The van der Waals surface area contributed by atoms with Crippen LogP contribution in [0.15, 0.2) is 48.8 Å². The third-order valence-electron chi connectivity index (χ3n) is 5.49. The quantitative estimate of drug-likeness (QED) is 0.626. The van der Waals surface area contributed by atoms with E-state index in [0.29, 0.717) is 5.92 Å². The Morgan fingerprint density at radius 1 is 1.27 bits per heavy atom. The van der Waals surface area contributed by atoms with E-state index in [2.05, 4.69) is 45.4 Å². The monoisotopic (exact) mass is 406 g/mol. The molecule has 4 rings (SSSR count). The van der Waals surface area contributed by atoms with Crippen molar-refractivity contribution in [2.75, 3.05) is 11.9 Å². The Labute approximate surface area is 177 Å². The Bertz CT molecular complexity index is 945. The second kappa shape index (κ2) is 9.26. The zero-order valence-corrected chi connectivity index (χ0v) is 17.7. The number of amides is 1. The van der Waals surface area contributed by atoms with E-state index in [0.717, 1.165) is 61.5 Å². The average molecular weight is 407 g/mol. The van der Waals surface area contributed by atoms with E-state index in [1.807, 2.05) is 36.5 Å². The molecule has 158 valence electrons. The first-order valence-corrected chi connectivity index (χ1v) is 10.8. The number of carbonyl (C=O) groups excluding carboxylic acids is 1. The minimum absolute atomic E-state index is 0.0588. The summed E-state index contributed by atoms with van der Waals surface area (Å²) in [7, 11) is 0. The first kappa shape index (κ1) is 20.3. The summed E-state index contributed by atoms with van der Waals surface area (Å²) in [6.07, 6.45) is 7.69. The zero-order valence-electron chi connectivity index (χ0n) is 17.7. The number of aromatic amines is 1. The minimum atomic E-state index is -0.124. The van der Waals surface area contributed by atoms with Gasteiger partial charge in [-0.1, -0.05) is 20.3 Å². The molecule has 1 saturated heterocycles. The highest BCUT2D eigenvalue weighted by molar-refractivity contribution is 5.95. The molecule has 2 aromatic heterocycles. The maximum absolute atomic E-state index is 13.0. The Balaban J connectivity index is 1.39. The number of H-pyrrole nitrogens is 1. The van der Waals surface area contributed by atoms with E-state index in [-0.39, 0.29) is 11.9 Å². The standard InChI is InChI=1S/C23H30N6O/c1-17(2)14-19-15-20(27-26-19)16-28-12-4-3-6-22(28)23(30)25-18-7-9-21(10-8-18)29-13-5-11-24-29/h5,7-11,13,15,17,22H,3-4,6,12,14,16H2,1-2H3,(H,25,30)(H,26,27). The number of likely N-dealkylation sites (tertiary alicyclic amines) is 1. The van der Waals surface area contributed by atoms with E-state index < -0.39 is 0 Å². The molecular formula is C23H30N6O. The van der Waals surface area contributed by atoms with Crippen LogP contribution in [0.1, 0.15) is 44.5 Å². The lowest BCUT2D eigenvalue weighted by atomic mass is 10.0. The summed E-state index contributed by atoms with van der Waals surface area (Å²) in [6.45, 7) is 6.04. The van der Waals surface area contributed by atoms with Gasteiger partial charge in [-0.15, -0.1) is 0 Å². The van der Waals surface area contributed by atoms with Crippen molar-refractivity contribution in [1.29, 1.82) is 0 Å². The third kappa shape index (κ3) is 4.97. The minimum Gasteiger partial charge on any atom is -0.325 e. The summed E-state index contributed by atoms with van der Waals surface area (Å²) in [4.78, 5) is 15.3. The molecular weight excluding hydrogens is 376 g/mol. The molecule has 7 heteroatoms. The summed E-state index contributed by atoms with van der Waals surface area (Å²) < 4.78 is 1.80. The third-order valence-corrected chi connectivity index (χ3v) is 5.49. The van der Waals surface area contributed by atoms with Gasteiger partial charge in [-0.2, -0.15) is 10.2 Å². The van der Waals surface area contributed by atoms with Crippen LogP contribution < -0.4 is 5.32 Å². The van der Waals surface area contributed by atoms with Crippen molar-refractivity contribution in [2.45, 2.75) is 52.1 Å². The van der Waals surface area contributed by atoms with Gasteiger partial charge < -0.3 is 5.32 Å².